The Morgan fingerprint density at radius 1 is 0.395 bits per heavy atom. The van der Waals surface area contributed by atoms with E-state index in [-0.39, 0.29) is 16.2 Å². The minimum atomic E-state index is -0.446. The van der Waals surface area contributed by atoms with Crippen molar-refractivity contribution in [1.82, 2.24) is 0 Å². The number of rotatable bonds is 4. The van der Waals surface area contributed by atoms with E-state index in [1.165, 1.54) is 34.6 Å². The van der Waals surface area contributed by atoms with Gasteiger partial charge in [-0.1, -0.05) is 149 Å². The largest absolute Gasteiger partial charge is 0.0622 e. The Labute approximate surface area is 258 Å². The van der Waals surface area contributed by atoms with E-state index in [1.807, 2.05) is 0 Å². The highest BCUT2D eigenvalue weighted by Crippen LogP contribution is 2.92. The first-order chi connectivity index (χ1) is 20.9. The number of hydrogen-bond acceptors (Lipinski definition) is 0. The highest BCUT2D eigenvalue weighted by molar-refractivity contribution is 7.79. The highest BCUT2D eigenvalue weighted by Gasteiger charge is 2.68. The molecule has 0 nitrogen and oxygen atoms in total. The summed E-state index contributed by atoms with van der Waals surface area (Å²) in [5, 5.41) is 6.88. The van der Waals surface area contributed by atoms with Crippen molar-refractivity contribution in [2.75, 3.05) is 12.3 Å². The molecule has 0 radical (unpaired) electrons. The lowest BCUT2D eigenvalue weighted by atomic mass is 9.59. The molecule has 4 bridgehead atoms. The van der Waals surface area contributed by atoms with Gasteiger partial charge in [0.2, 0.25) is 0 Å². The van der Waals surface area contributed by atoms with Gasteiger partial charge in [-0.05, 0) is 94.0 Å². The lowest BCUT2D eigenvalue weighted by Crippen LogP contribution is -2.35. The maximum atomic E-state index is 2.61. The van der Waals surface area contributed by atoms with Gasteiger partial charge in [0.1, 0.15) is 0 Å². The van der Waals surface area contributed by atoms with E-state index in [0.717, 1.165) is 0 Å². The molecule has 0 saturated heterocycles. The molecular weight excluding hydrogens is 554 g/mol. The molecule has 0 unspecified atom stereocenters. The molecule has 4 aromatic carbocycles. The van der Waals surface area contributed by atoms with Gasteiger partial charge < -0.3 is 0 Å². The van der Waals surface area contributed by atoms with Gasteiger partial charge in [0.25, 0.3) is 0 Å². The summed E-state index contributed by atoms with van der Waals surface area (Å²) in [5.74, 6) is 0. The zero-order valence-corrected chi connectivity index (χ0v) is 27.1. The predicted octanol–water partition coefficient (Wildman–Crippen LogP) is 11.7. The lowest BCUT2D eigenvalue weighted by molar-refractivity contribution is 0.390. The zero-order chi connectivity index (χ0) is 29.1. The molecule has 4 aromatic rings. The number of fused-ring (bicyclic) bond motifs is 9. The number of allylic oxidation sites excluding steroid dienone is 6. The van der Waals surface area contributed by atoms with Crippen molar-refractivity contribution >= 4 is 37.6 Å². The van der Waals surface area contributed by atoms with Crippen LogP contribution in [0.1, 0.15) is 49.9 Å². The van der Waals surface area contributed by atoms with Crippen LogP contribution in [-0.4, -0.2) is 12.3 Å². The van der Waals surface area contributed by atoms with Crippen LogP contribution < -0.4 is 0 Å². The molecule has 0 fully saturated rings. The molecule has 5 aliphatic rings. The van der Waals surface area contributed by atoms with Crippen molar-refractivity contribution in [3.05, 3.63) is 165 Å². The quantitative estimate of drug-likeness (QED) is 0.207. The van der Waals surface area contributed by atoms with Crippen LogP contribution in [-0.2, 0) is 0 Å². The summed E-state index contributed by atoms with van der Waals surface area (Å²) in [7, 11) is -0.893. The van der Waals surface area contributed by atoms with Gasteiger partial charge in [0.15, 0.2) is 0 Å². The molecule has 4 atom stereocenters. The van der Waals surface area contributed by atoms with E-state index < -0.39 is 15.8 Å². The summed E-state index contributed by atoms with van der Waals surface area (Å²) in [6, 6.07) is 45.5. The molecule has 0 aromatic heterocycles. The average Bonchev–Trinajstić information content (AvgIpc) is 3.77. The first-order valence-electron chi connectivity index (χ1n) is 15.6. The standard InChI is InChI=1S/C41H36P2/c1-39(2)37-35(42-25-40(37,3)31(27-17-9-5-10-18-27)33(42)29-21-13-7-14-22-29)36-38(39)41(4)26-43(36)34(30-23-15-8-16-24-30)32(41)28-19-11-6-12-20-28/h5-24H,25-26H2,1-4H3/t40-,41-,42-,43+/m1/s1. The van der Waals surface area contributed by atoms with Gasteiger partial charge in [-0.15, -0.1) is 0 Å². The Morgan fingerprint density at radius 3 is 1.02 bits per heavy atom. The molecule has 0 amide bonds. The SMILES string of the molecule is CC1(C)C2=C(C3=C1[C@]1(C)C[P@]3C(c3ccccc3)=C1c1ccccc1)[P@@]1C[C@]2(C)C(c2ccccc2)=C1c1ccccc1. The highest BCUT2D eigenvalue weighted by atomic mass is 31.1. The third kappa shape index (κ3) is 3.25. The van der Waals surface area contributed by atoms with Crippen molar-refractivity contribution in [2.45, 2.75) is 27.7 Å². The molecule has 1 aliphatic carbocycles. The Morgan fingerprint density at radius 2 is 0.698 bits per heavy atom. The van der Waals surface area contributed by atoms with Crippen LogP contribution in [0.25, 0.3) is 21.8 Å². The van der Waals surface area contributed by atoms with Crippen LogP contribution in [0.15, 0.2) is 143 Å². The summed E-state index contributed by atoms with van der Waals surface area (Å²) in [4.78, 5) is 0. The van der Waals surface area contributed by atoms with Crippen molar-refractivity contribution in [3.8, 4) is 0 Å². The minimum Gasteiger partial charge on any atom is -0.0622 e. The first-order valence-corrected chi connectivity index (χ1v) is 18.7. The monoisotopic (exact) mass is 590 g/mol. The van der Waals surface area contributed by atoms with Gasteiger partial charge in [-0.2, -0.15) is 0 Å². The average molecular weight is 591 g/mol. The van der Waals surface area contributed by atoms with Crippen LogP contribution >= 0.6 is 15.8 Å². The summed E-state index contributed by atoms with van der Waals surface area (Å²) in [6.45, 7) is 10.4. The van der Waals surface area contributed by atoms with E-state index in [1.54, 1.807) is 43.5 Å². The molecule has 9 rings (SSSR count). The Kier molecular flexibility index (Phi) is 5.40. The summed E-state index contributed by atoms with van der Waals surface area (Å²) in [6.07, 6.45) is 2.52. The first kappa shape index (κ1) is 26.1. The van der Waals surface area contributed by atoms with Crippen LogP contribution in [0.5, 0.6) is 0 Å². The molecule has 0 N–H and O–H groups in total. The second-order valence-electron chi connectivity index (χ2n) is 13.8. The van der Waals surface area contributed by atoms with Gasteiger partial charge in [-0.25, -0.2) is 0 Å². The Bertz CT molecular complexity index is 1800. The van der Waals surface area contributed by atoms with Crippen molar-refractivity contribution in [1.29, 1.82) is 0 Å². The van der Waals surface area contributed by atoms with Gasteiger partial charge >= 0.3 is 0 Å². The predicted molar refractivity (Wildman–Crippen MR) is 187 cm³/mol. The molecule has 43 heavy (non-hydrogen) atoms. The molecule has 4 heterocycles. The van der Waals surface area contributed by atoms with E-state index in [0.29, 0.717) is 0 Å². The van der Waals surface area contributed by atoms with Crippen LogP contribution in [0.4, 0.5) is 0 Å². The molecule has 4 aliphatic heterocycles. The van der Waals surface area contributed by atoms with E-state index in [4.69, 9.17) is 0 Å². The van der Waals surface area contributed by atoms with E-state index >= 15 is 0 Å². The molecule has 0 spiro atoms. The summed E-state index contributed by atoms with van der Waals surface area (Å²) < 4.78 is 0. The van der Waals surface area contributed by atoms with E-state index in [2.05, 4.69) is 149 Å². The molecule has 0 saturated carbocycles. The minimum absolute atomic E-state index is 0.0346. The van der Waals surface area contributed by atoms with Gasteiger partial charge in [0, 0.05) is 16.2 Å². The zero-order valence-electron chi connectivity index (χ0n) is 25.4. The fourth-order valence-electron chi connectivity index (χ4n) is 9.83. The van der Waals surface area contributed by atoms with Gasteiger partial charge in [0.05, 0.1) is 0 Å². The fourth-order valence-corrected chi connectivity index (χ4v) is 18.1. The summed E-state index contributed by atoms with van der Waals surface area (Å²) >= 11 is 0. The lowest BCUT2D eigenvalue weighted by Gasteiger charge is -2.44. The van der Waals surface area contributed by atoms with Crippen molar-refractivity contribution in [3.63, 3.8) is 0 Å². The third-order valence-corrected chi connectivity index (χ3v) is 17.0. The topological polar surface area (TPSA) is 0 Å². The van der Waals surface area contributed by atoms with E-state index in [9.17, 15) is 0 Å². The smallest absolute Gasteiger partial charge is 0.0209 e. The fraction of sp³-hybridized carbons (Fsp3) is 0.220. The molecule has 210 valence electrons. The normalized spacial score (nSPS) is 29.7. The maximum Gasteiger partial charge on any atom is 0.0209 e. The molecule has 2 heteroatoms. The van der Waals surface area contributed by atoms with Gasteiger partial charge in [-0.3, -0.25) is 0 Å². The second kappa shape index (κ2) is 8.88. The number of benzene rings is 4. The van der Waals surface area contributed by atoms with Crippen LogP contribution in [0.3, 0.4) is 0 Å². The van der Waals surface area contributed by atoms with Crippen LogP contribution in [0.2, 0.25) is 0 Å². The molecular formula is C41H36P2. The van der Waals surface area contributed by atoms with Crippen molar-refractivity contribution < 1.29 is 0 Å². The van der Waals surface area contributed by atoms with Crippen molar-refractivity contribution in [2.24, 2.45) is 16.2 Å². The Balaban J connectivity index is 1.29. The second-order valence-corrected chi connectivity index (χ2v) is 18.0. The third-order valence-electron chi connectivity index (χ3n) is 10.9. The Hall–Kier alpha value is -3.30. The summed E-state index contributed by atoms with van der Waals surface area (Å²) in [5.41, 5.74) is 12.5. The number of hydrogen-bond donors (Lipinski definition) is 0. The maximum absolute atomic E-state index is 2.61. The van der Waals surface area contributed by atoms with Crippen LogP contribution in [0, 0.1) is 16.2 Å².